The first-order valence-corrected chi connectivity index (χ1v) is 8.98. The van der Waals surface area contributed by atoms with Crippen molar-refractivity contribution >= 4 is 27.5 Å². The zero-order valence-corrected chi connectivity index (χ0v) is 15.0. The third-order valence-corrected chi connectivity index (χ3v) is 4.70. The molecule has 0 saturated carbocycles. The number of halogens is 1. The van der Waals surface area contributed by atoms with Crippen molar-refractivity contribution in [2.75, 3.05) is 25.0 Å². The van der Waals surface area contributed by atoms with E-state index in [9.17, 15) is 4.79 Å². The molecule has 0 radical (unpaired) electrons. The zero-order chi connectivity index (χ0) is 16.8. The number of likely N-dealkylation sites (tertiary alicyclic amines) is 1. The topological polar surface area (TPSA) is 41.6 Å². The van der Waals surface area contributed by atoms with Gasteiger partial charge < -0.3 is 15.0 Å². The standard InChI is InChI=1S/C19H21BrN2O2/c20-15-6-8-16(9-7-15)21-17-10-12-22(13-11-17)19(23)14-24-18-4-2-1-3-5-18/h1-9,17,21H,10-14H2. The summed E-state index contributed by atoms with van der Waals surface area (Å²) < 4.78 is 6.62. The van der Waals surface area contributed by atoms with Crippen molar-refractivity contribution in [1.82, 2.24) is 4.90 Å². The summed E-state index contributed by atoms with van der Waals surface area (Å²) in [6.45, 7) is 1.64. The quantitative estimate of drug-likeness (QED) is 0.843. The Kier molecular flexibility index (Phi) is 5.75. The van der Waals surface area contributed by atoms with Gasteiger partial charge in [0, 0.05) is 29.3 Å². The van der Waals surface area contributed by atoms with Crippen LogP contribution in [0.3, 0.4) is 0 Å². The highest BCUT2D eigenvalue weighted by atomic mass is 79.9. The maximum absolute atomic E-state index is 12.2. The summed E-state index contributed by atoms with van der Waals surface area (Å²) in [6, 6.07) is 18.1. The molecule has 3 rings (SSSR count). The molecular formula is C19H21BrN2O2. The number of ether oxygens (including phenoxy) is 1. The third kappa shape index (κ3) is 4.74. The molecule has 1 aliphatic rings. The Bertz CT molecular complexity index is 653. The lowest BCUT2D eigenvalue weighted by Crippen LogP contribution is -2.44. The minimum absolute atomic E-state index is 0.0564. The number of carbonyl (C=O) groups is 1. The van der Waals surface area contributed by atoms with E-state index in [1.807, 2.05) is 47.4 Å². The summed E-state index contributed by atoms with van der Waals surface area (Å²) in [7, 11) is 0. The van der Waals surface area contributed by atoms with Crippen LogP contribution in [-0.2, 0) is 4.79 Å². The summed E-state index contributed by atoms with van der Waals surface area (Å²) in [4.78, 5) is 14.1. The Morgan fingerprint density at radius 2 is 1.75 bits per heavy atom. The normalized spacial score (nSPS) is 15.1. The van der Waals surface area contributed by atoms with Crippen molar-refractivity contribution in [1.29, 1.82) is 0 Å². The molecule has 0 bridgehead atoms. The van der Waals surface area contributed by atoms with Gasteiger partial charge in [-0.15, -0.1) is 0 Å². The maximum atomic E-state index is 12.2. The summed E-state index contributed by atoms with van der Waals surface area (Å²) in [5.74, 6) is 0.790. The molecule has 0 aliphatic carbocycles. The predicted octanol–water partition coefficient (Wildman–Crippen LogP) is 3.93. The highest BCUT2D eigenvalue weighted by Crippen LogP contribution is 2.19. The molecule has 2 aromatic carbocycles. The molecule has 1 aliphatic heterocycles. The molecule has 1 amide bonds. The number of carbonyl (C=O) groups excluding carboxylic acids is 1. The fourth-order valence-electron chi connectivity index (χ4n) is 2.81. The fourth-order valence-corrected chi connectivity index (χ4v) is 3.07. The van der Waals surface area contributed by atoms with E-state index in [4.69, 9.17) is 4.74 Å². The zero-order valence-electron chi connectivity index (χ0n) is 13.5. The monoisotopic (exact) mass is 388 g/mol. The lowest BCUT2D eigenvalue weighted by molar-refractivity contribution is -0.134. The van der Waals surface area contributed by atoms with Crippen molar-refractivity contribution < 1.29 is 9.53 Å². The van der Waals surface area contributed by atoms with E-state index in [-0.39, 0.29) is 12.5 Å². The highest BCUT2D eigenvalue weighted by molar-refractivity contribution is 9.10. The number of rotatable bonds is 5. The first kappa shape index (κ1) is 16.8. The first-order valence-electron chi connectivity index (χ1n) is 8.18. The summed E-state index contributed by atoms with van der Waals surface area (Å²) in [5, 5.41) is 3.54. The van der Waals surface area contributed by atoms with Gasteiger partial charge in [-0.1, -0.05) is 34.1 Å². The Morgan fingerprint density at radius 3 is 2.42 bits per heavy atom. The van der Waals surface area contributed by atoms with Crippen molar-refractivity contribution in [3.63, 3.8) is 0 Å². The fraction of sp³-hybridized carbons (Fsp3) is 0.316. The van der Waals surface area contributed by atoms with Gasteiger partial charge in [-0.3, -0.25) is 4.79 Å². The molecule has 1 saturated heterocycles. The van der Waals surface area contributed by atoms with Crippen molar-refractivity contribution in [2.24, 2.45) is 0 Å². The summed E-state index contributed by atoms with van der Waals surface area (Å²) in [6.07, 6.45) is 1.90. The Balaban J connectivity index is 1.42. The van der Waals surface area contributed by atoms with Crippen LogP contribution < -0.4 is 10.1 Å². The van der Waals surface area contributed by atoms with Crippen LogP contribution in [0, 0.1) is 0 Å². The van der Waals surface area contributed by atoms with Crippen molar-refractivity contribution in [2.45, 2.75) is 18.9 Å². The van der Waals surface area contributed by atoms with Gasteiger partial charge in [0.05, 0.1) is 0 Å². The molecule has 1 fully saturated rings. The van der Waals surface area contributed by atoms with Crippen LogP contribution in [0.2, 0.25) is 0 Å². The van der Waals surface area contributed by atoms with E-state index >= 15 is 0 Å². The highest BCUT2D eigenvalue weighted by Gasteiger charge is 2.22. The average Bonchev–Trinajstić information content (AvgIpc) is 2.63. The van der Waals surface area contributed by atoms with Crippen LogP contribution in [0.4, 0.5) is 5.69 Å². The largest absolute Gasteiger partial charge is 0.484 e. The van der Waals surface area contributed by atoms with Gasteiger partial charge in [-0.05, 0) is 49.2 Å². The molecule has 24 heavy (non-hydrogen) atoms. The molecule has 0 atom stereocenters. The second-order valence-electron chi connectivity index (χ2n) is 5.91. The van der Waals surface area contributed by atoms with E-state index in [1.54, 1.807) is 0 Å². The van der Waals surface area contributed by atoms with Crippen LogP contribution in [0.5, 0.6) is 5.75 Å². The molecule has 1 heterocycles. The van der Waals surface area contributed by atoms with E-state index in [2.05, 4.69) is 33.4 Å². The Morgan fingerprint density at radius 1 is 1.08 bits per heavy atom. The van der Waals surface area contributed by atoms with Crippen LogP contribution >= 0.6 is 15.9 Å². The lowest BCUT2D eigenvalue weighted by atomic mass is 10.0. The van der Waals surface area contributed by atoms with Gasteiger partial charge in [0.25, 0.3) is 5.91 Å². The van der Waals surface area contributed by atoms with Gasteiger partial charge in [-0.25, -0.2) is 0 Å². The second kappa shape index (κ2) is 8.20. The van der Waals surface area contributed by atoms with Gasteiger partial charge >= 0.3 is 0 Å². The average molecular weight is 389 g/mol. The SMILES string of the molecule is O=C(COc1ccccc1)N1CCC(Nc2ccc(Br)cc2)CC1. The molecule has 1 N–H and O–H groups in total. The van der Waals surface area contributed by atoms with Crippen LogP contribution in [0.25, 0.3) is 0 Å². The van der Waals surface area contributed by atoms with E-state index < -0.39 is 0 Å². The number of amides is 1. The minimum atomic E-state index is 0.0564. The smallest absolute Gasteiger partial charge is 0.260 e. The number of anilines is 1. The molecule has 5 heteroatoms. The summed E-state index contributed by atoms with van der Waals surface area (Å²) >= 11 is 3.44. The molecule has 0 unspecified atom stereocenters. The molecule has 126 valence electrons. The second-order valence-corrected chi connectivity index (χ2v) is 6.82. The maximum Gasteiger partial charge on any atom is 0.260 e. The molecule has 2 aromatic rings. The van der Waals surface area contributed by atoms with Crippen LogP contribution in [-0.4, -0.2) is 36.5 Å². The number of benzene rings is 2. The number of piperidine rings is 1. The van der Waals surface area contributed by atoms with Gasteiger partial charge in [0.15, 0.2) is 6.61 Å². The van der Waals surface area contributed by atoms with E-state index in [0.29, 0.717) is 6.04 Å². The summed E-state index contributed by atoms with van der Waals surface area (Å²) in [5.41, 5.74) is 1.12. The Labute approximate surface area is 150 Å². The number of para-hydroxylation sites is 1. The van der Waals surface area contributed by atoms with Gasteiger partial charge in [-0.2, -0.15) is 0 Å². The molecular weight excluding hydrogens is 368 g/mol. The molecule has 0 spiro atoms. The van der Waals surface area contributed by atoms with Gasteiger partial charge in [0.2, 0.25) is 0 Å². The van der Waals surface area contributed by atoms with E-state index in [0.717, 1.165) is 41.8 Å². The van der Waals surface area contributed by atoms with Crippen LogP contribution in [0.15, 0.2) is 59.1 Å². The van der Waals surface area contributed by atoms with Crippen molar-refractivity contribution in [3.8, 4) is 5.75 Å². The lowest BCUT2D eigenvalue weighted by Gasteiger charge is -2.32. The third-order valence-electron chi connectivity index (χ3n) is 4.17. The van der Waals surface area contributed by atoms with E-state index in [1.165, 1.54) is 0 Å². The predicted molar refractivity (Wildman–Crippen MR) is 99.3 cm³/mol. The molecule has 0 aromatic heterocycles. The minimum Gasteiger partial charge on any atom is -0.484 e. The number of hydrogen-bond acceptors (Lipinski definition) is 3. The first-order chi connectivity index (χ1) is 11.7. The number of nitrogens with zero attached hydrogens (tertiary/aromatic N) is 1. The van der Waals surface area contributed by atoms with Gasteiger partial charge in [0.1, 0.15) is 5.75 Å². The Hall–Kier alpha value is -2.01. The van der Waals surface area contributed by atoms with Crippen LogP contribution in [0.1, 0.15) is 12.8 Å². The molecule has 4 nitrogen and oxygen atoms in total. The number of nitrogens with one attached hydrogen (secondary N) is 1. The number of hydrogen-bond donors (Lipinski definition) is 1. The van der Waals surface area contributed by atoms with Crippen molar-refractivity contribution in [3.05, 3.63) is 59.1 Å².